The Kier molecular flexibility index (Phi) is 5.82. The predicted octanol–water partition coefficient (Wildman–Crippen LogP) is 6.18. The fourth-order valence-electron chi connectivity index (χ4n) is 3.27. The van der Waals surface area contributed by atoms with Crippen LogP contribution in [0.25, 0.3) is 11.3 Å². The van der Waals surface area contributed by atoms with E-state index in [1.165, 1.54) is 17.4 Å². The molecule has 0 atom stereocenters. The van der Waals surface area contributed by atoms with Crippen molar-refractivity contribution in [2.45, 2.75) is 20.8 Å². The van der Waals surface area contributed by atoms with E-state index in [2.05, 4.69) is 0 Å². The Hall–Kier alpha value is -3.51. The first-order chi connectivity index (χ1) is 15.0. The van der Waals surface area contributed by atoms with Gasteiger partial charge in [-0.25, -0.2) is 14.1 Å². The molecule has 0 bridgehead atoms. The van der Waals surface area contributed by atoms with Gasteiger partial charge in [0.1, 0.15) is 11.6 Å². The highest BCUT2D eigenvalue weighted by atomic mass is 32.1. The second kappa shape index (κ2) is 8.70. The largest absolute Gasteiger partial charge is 0.507 e. The number of nitrogens with zero attached hydrogens (tertiary/aromatic N) is 3. The molecule has 0 unspecified atom stereocenters. The molecule has 0 aliphatic rings. The summed E-state index contributed by atoms with van der Waals surface area (Å²) >= 11 is 1.39. The van der Waals surface area contributed by atoms with E-state index in [0.29, 0.717) is 27.3 Å². The lowest BCUT2D eigenvalue weighted by molar-refractivity contribution is 0.474. The Morgan fingerprint density at radius 1 is 0.968 bits per heavy atom. The normalized spacial score (nSPS) is 12.4. The zero-order valence-corrected chi connectivity index (χ0v) is 18.3. The average Bonchev–Trinajstić information content (AvgIpc) is 3.14. The van der Waals surface area contributed by atoms with Crippen molar-refractivity contribution in [1.82, 2.24) is 4.68 Å². The zero-order chi connectivity index (χ0) is 22.0. The van der Waals surface area contributed by atoms with E-state index < -0.39 is 0 Å². The molecule has 0 aliphatic carbocycles. The SMILES string of the molecule is C/C(=N\n1c(-c2ccccc2F)csc1=Nc1cccc(C)c1C)c1ccccc1O. The molecule has 0 spiro atoms. The van der Waals surface area contributed by atoms with Crippen molar-refractivity contribution < 1.29 is 9.50 Å². The van der Waals surface area contributed by atoms with Gasteiger partial charge in [-0.2, -0.15) is 5.10 Å². The van der Waals surface area contributed by atoms with Crippen LogP contribution >= 0.6 is 11.3 Å². The Morgan fingerprint density at radius 3 is 2.48 bits per heavy atom. The average molecular weight is 432 g/mol. The molecule has 31 heavy (non-hydrogen) atoms. The number of aromatic nitrogens is 1. The number of phenols is 1. The number of hydrogen-bond donors (Lipinski definition) is 1. The second-order valence-corrected chi connectivity index (χ2v) is 8.07. The van der Waals surface area contributed by atoms with Crippen molar-refractivity contribution in [2.75, 3.05) is 0 Å². The lowest BCUT2D eigenvalue weighted by Crippen LogP contribution is -2.14. The quantitative estimate of drug-likeness (QED) is 0.385. The minimum Gasteiger partial charge on any atom is -0.507 e. The number of rotatable bonds is 4. The molecule has 0 amide bonds. The van der Waals surface area contributed by atoms with Crippen molar-refractivity contribution in [1.29, 1.82) is 0 Å². The molecule has 6 heteroatoms. The molecule has 156 valence electrons. The van der Waals surface area contributed by atoms with E-state index in [1.54, 1.807) is 41.1 Å². The summed E-state index contributed by atoms with van der Waals surface area (Å²) in [7, 11) is 0. The third-order valence-corrected chi connectivity index (χ3v) is 5.99. The fourth-order valence-corrected chi connectivity index (χ4v) is 4.11. The molecule has 4 aromatic rings. The Bertz CT molecular complexity index is 1350. The van der Waals surface area contributed by atoms with Crippen molar-refractivity contribution in [3.8, 4) is 17.0 Å². The number of halogens is 1. The Balaban J connectivity index is 1.97. The van der Waals surface area contributed by atoms with Crippen LogP contribution in [0.2, 0.25) is 0 Å². The summed E-state index contributed by atoms with van der Waals surface area (Å²) < 4.78 is 16.3. The molecule has 4 rings (SSSR count). The minimum absolute atomic E-state index is 0.139. The molecule has 3 aromatic carbocycles. The van der Waals surface area contributed by atoms with E-state index in [1.807, 2.05) is 50.4 Å². The van der Waals surface area contributed by atoms with Gasteiger partial charge >= 0.3 is 0 Å². The summed E-state index contributed by atoms with van der Waals surface area (Å²) in [6.07, 6.45) is 0. The van der Waals surface area contributed by atoms with Crippen molar-refractivity contribution in [2.24, 2.45) is 10.1 Å². The Morgan fingerprint density at radius 2 is 1.71 bits per heavy atom. The number of thiazole rings is 1. The molecule has 1 N–H and O–H groups in total. The highest BCUT2D eigenvalue weighted by molar-refractivity contribution is 7.07. The van der Waals surface area contributed by atoms with Crippen LogP contribution < -0.4 is 4.80 Å². The fraction of sp³-hybridized carbons (Fsp3) is 0.120. The third kappa shape index (κ3) is 4.20. The van der Waals surface area contributed by atoms with Crippen LogP contribution in [0.4, 0.5) is 10.1 Å². The first-order valence-corrected chi connectivity index (χ1v) is 10.7. The molecule has 0 radical (unpaired) electrons. The topological polar surface area (TPSA) is 49.9 Å². The minimum atomic E-state index is -0.331. The van der Waals surface area contributed by atoms with Gasteiger partial charge in [-0.1, -0.05) is 36.4 Å². The number of aromatic hydroxyl groups is 1. The van der Waals surface area contributed by atoms with Gasteiger partial charge in [-0.15, -0.1) is 11.3 Å². The standard InChI is InChI=1S/C25H22FN3OS/c1-16-9-8-13-22(17(16)2)27-25-29(28-18(3)19-10-5-7-14-24(19)30)23(15-31-25)20-11-4-6-12-21(20)26/h4-15,30H,1-3H3/b27-25?,28-18+. The van der Waals surface area contributed by atoms with E-state index in [4.69, 9.17) is 10.1 Å². The monoisotopic (exact) mass is 431 g/mol. The highest BCUT2D eigenvalue weighted by Crippen LogP contribution is 2.26. The Labute approximate surface area is 184 Å². The van der Waals surface area contributed by atoms with Gasteiger partial charge in [0.2, 0.25) is 4.80 Å². The summed E-state index contributed by atoms with van der Waals surface area (Å²) in [6, 6.07) is 19.6. The summed E-state index contributed by atoms with van der Waals surface area (Å²) in [6.45, 7) is 5.88. The lowest BCUT2D eigenvalue weighted by atomic mass is 10.1. The lowest BCUT2D eigenvalue weighted by Gasteiger charge is -2.08. The van der Waals surface area contributed by atoms with Crippen LogP contribution in [0.1, 0.15) is 23.6 Å². The van der Waals surface area contributed by atoms with Crippen molar-refractivity contribution in [3.63, 3.8) is 0 Å². The molecule has 1 aromatic heterocycles. The van der Waals surface area contributed by atoms with Crippen LogP contribution in [0.15, 0.2) is 82.2 Å². The maximum absolute atomic E-state index is 14.6. The molecule has 0 aliphatic heterocycles. The second-order valence-electron chi connectivity index (χ2n) is 7.23. The van der Waals surface area contributed by atoms with Gasteiger partial charge in [0.05, 0.1) is 17.1 Å². The highest BCUT2D eigenvalue weighted by Gasteiger charge is 2.13. The number of para-hydroxylation sites is 1. The van der Waals surface area contributed by atoms with E-state index >= 15 is 0 Å². The van der Waals surface area contributed by atoms with Gasteiger partial charge in [0.15, 0.2) is 0 Å². The smallest absolute Gasteiger partial charge is 0.211 e. The molecule has 4 nitrogen and oxygen atoms in total. The summed E-state index contributed by atoms with van der Waals surface area (Å²) in [4.78, 5) is 5.45. The maximum atomic E-state index is 14.6. The first kappa shape index (κ1) is 20.8. The summed E-state index contributed by atoms with van der Waals surface area (Å²) in [5.41, 5.74) is 5.31. The molecular formula is C25H22FN3OS. The summed E-state index contributed by atoms with van der Waals surface area (Å²) in [5.74, 6) is -0.192. The van der Waals surface area contributed by atoms with E-state index in [-0.39, 0.29) is 11.6 Å². The molecule has 0 saturated heterocycles. The van der Waals surface area contributed by atoms with Crippen LogP contribution in [0, 0.1) is 19.7 Å². The molecule has 0 fully saturated rings. The van der Waals surface area contributed by atoms with Gasteiger partial charge < -0.3 is 5.11 Å². The molecular weight excluding hydrogens is 409 g/mol. The number of aryl methyl sites for hydroxylation is 1. The van der Waals surface area contributed by atoms with Crippen LogP contribution in [-0.2, 0) is 0 Å². The maximum Gasteiger partial charge on any atom is 0.211 e. The molecule has 1 heterocycles. The van der Waals surface area contributed by atoms with Crippen molar-refractivity contribution in [3.05, 3.63) is 99.4 Å². The summed E-state index contributed by atoms with van der Waals surface area (Å²) in [5, 5.41) is 16.8. The van der Waals surface area contributed by atoms with Gasteiger partial charge in [0, 0.05) is 16.5 Å². The molecule has 0 saturated carbocycles. The van der Waals surface area contributed by atoms with Crippen LogP contribution in [0.5, 0.6) is 5.75 Å². The van der Waals surface area contributed by atoms with Crippen LogP contribution in [-0.4, -0.2) is 15.5 Å². The van der Waals surface area contributed by atoms with Crippen molar-refractivity contribution >= 4 is 22.7 Å². The van der Waals surface area contributed by atoms with Gasteiger partial charge in [0.25, 0.3) is 0 Å². The predicted molar refractivity (Wildman–Crippen MR) is 125 cm³/mol. The number of phenolic OH excluding ortho intramolecular Hbond substituents is 1. The van der Waals surface area contributed by atoms with Gasteiger partial charge in [-0.3, -0.25) is 0 Å². The third-order valence-electron chi connectivity index (χ3n) is 5.17. The van der Waals surface area contributed by atoms with E-state index in [9.17, 15) is 9.50 Å². The van der Waals surface area contributed by atoms with E-state index in [0.717, 1.165) is 16.8 Å². The zero-order valence-electron chi connectivity index (χ0n) is 17.5. The first-order valence-electron chi connectivity index (χ1n) is 9.86. The number of hydrogen-bond acceptors (Lipinski definition) is 4. The van der Waals surface area contributed by atoms with Crippen LogP contribution in [0.3, 0.4) is 0 Å². The van der Waals surface area contributed by atoms with Gasteiger partial charge in [-0.05, 0) is 62.2 Å². The number of benzene rings is 3.